The van der Waals surface area contributed by atoms with Crippen molar-refractivity contribution < 1.29 is 14.6 Å². The molecule has 1 unspecified atom stereocenters. The van der Waals surface area contributed by atoms with E-state index in [1.54, 1.807) is 22.0 Å². The Morgan fingerprint density at radius 1 is 1.33 bits per heavy atom. The molecule has 1 aliphatic heterocycles. The zero-order chi connectivity index (χ0) is 16.8. The van der Waals surface area contributed by atoms with Gasteiger partial charge < -0.3 is 14.7 Å². The molecule has 1 saturated heterocycles. The molecule has 128 valence electrons. The van der Waals surface area contributed by atoms with Crippen molar-refractivity contribution in [3.63, 3.8) is 0 Å². The van der Waals surface area contributed by atoms with Crippen LogP contribution in [0.15, 0.2) is 42.7 Å². The summed E-state index contributed by atoms with van der Waals surface area (Å²) in [5.41, 5.74) is 0.237. The Kier molecular flexibility index (Phi) is 5.22. The molecular formula is C17H22N4O3. The van der Waals surface area contributed by atoms with Gasteiger partial charge in [0.25, 0.3) is 0 Å². The fourth-order valence-electron chi connectivity index (χ4n) is 2.90. The van der Waals surface area contributed by atoms with Crippen molar-refractivity contribution in [2.75, 3.05) is 26.3 Å². The standard InChI is InChI=1S/C17H22N4O3/c22-16(12-24-11-6-15-4-2-1-3-5-15)20-9-7-17(23,13-20)14-21-10-8-18-19-21/h1-5,8,10,23H,6-7,9,11-14H2. The smallest absolute Gasteiger partial charge is 0.248 e. The van der Waals surface area contributed by atoms with E-state index in [4.69, 9.17) is 4.74 Å². The Labute approximate surface area is 140 Å². The van der Waals surface area contributed by atoms with E-state index in [2.05, 4.69) is 10.3 Å². The quantitative estimate of drug-likeness (QED) is 0.748. The van der Waals surface area contributed by atoms with Gasteiger partial charge in [0, 0.05) is 12.7 Å². The first kappa shape index (κ1) is 16.6. The van der Waals surface area contributed by atoms with Crippen LogP contribution in [0.5, 0.6) is 0 Å². The van der Waals surface area contributed by atoms with E-state index in [-0.39, 0.29) is 12.5 Å². The SMILES string of the molecule is O=C(COCCc1ccccc1)N1CCC(O)(Cn2ccnn2)C1. The van der Waals surface area contributed by atoms with E-state index in [1.807, 2.05) is 30.3 Å². The molecule has 1 aromatic carbocycles. The van der Waals surface area contributed by atoms with Crippen molar-refractivity contribution in [2.45, 2.75) is 25.0 Å². The molecule has 1 N–H and O–H groups in total. The number of ether oxygens (including phenoxy) is 1. The molecule has 1 fully saturated rings. The van der Waals surface area contributed by atoms with Crippen molar-refractivity contribution >= 4 is 5.91 Å². The summed E-state index contributed by atoms with van der Waals surface area (Å²) < 4.78 is 7.07. The Hall–Kier alpha value is -2.25. The molecule has 7 heteroatoms. The van der Waals surface area contributed by atoms with Gasteiger partial charge in [-0.2, -0.15) is 0 Å². The molecule has 1 amide bonds. The van der Waals surface area contributed by atoms with Crippen molar-refractivity contribution in [3.05, 3.63) is 48.3 Å². The topological polar surface area (TPSA) is 80.5 Å². The highest BCUT2D eigenvalue weighted by Gasteiger charge is 2.38. The van der Waals surface area contributed by atoms with Gasteiger partial charge in [-0.15, -0.1) is 5.10 Å². The van der Waals surface area contributed by atoms with Gasteiger partial charge in [0.1, 0.15) is 12.2 Å². The van der Waals surface area contributed by atoms with Crippen LogP contribution in [0.2, 0.25) is 0 Å². The number of rotatable bonds is 7. The maximum Gasteiger partial charge on any atom is 0.248 e. The third kappa shape index (κ3) is 4.39. The summed E-state index contributed by atoms with van der Waals surface area (Å²) in [4.78, 5) is 13.9. The lowest BCUT2D eigenvalue weighted by atomic mass is 10.0. The molecule has 1 atom stereocenters. The number of β-amino-alcohol motifs (C(OH)–C–C–N with tert-alkyl or cyclic N) is 1. The van der Waals surface area contributed by atoms with Crippen LogP contribution in [0.4, 0.5) is 0 Å². The van der Waals surface area contributed by atoms with E-state index >= 15 is 0 Å². The van der Waals surface area contributed by atoms with Crippen molar-refractivity contribution in [3.8, 4) is 0 Å². The number of aromatic nitrogens is 3. The van der Waals surface area contributed by atoms with Gasteiger partial charge in [0.05, 0.1) is 25.9 Å². The van der Waals surface area contributed by atoms with E-state index < -0.39 is 5.60 Å². The lowest BCUT2D eigenvalue weighted by Gasteiger charge is -2.23. The second-order valence-corrected chi connectivity index (χ2v) is 6.18. The minimum absolute atomic E-state index is 0.0479. The van der Waals surface area contributed by atoms with E-state index in [9.17, 15) is 9.90 Å². The van der Waals surface area contributed by atoms with Crippen molar-refractivity contribution in [1.82, 2.24) is 19.9 Å². The second kappa shape index (κ2) is 7.55. The van der Waals surface area contributed by atoms with E-state index in [1.165, 1.54) is 5.56 Å². The van der Waals surface area contributed by atoms with Crippen LogP contribution in [-0.2, 0) is 22.5 Å². The summed E-state index contributed by atoms with van der Waals surface area (Å²) in [5.74, 6) is -0.0856. The number of hydrogen-bond donors (Lipinski definition) is 1. The third-order valence-corrected chi connectivity index (χ3v) is 4.22. The number of amides is 1. The zero-order valence-corrected chi connectivity index (χ0v) is 13.5. The average Bonchev–Trinajstić information content (AvgIpc) is 3.22. The number of hydrogen-bond acceptors (Lipinski definition) is 5. The maximum atomic E-state index is 12.2. The third-order valence-electron chi connectivity index (χ3n) is 4.22. The summed E-state index contributed by atoms with van der Waals surface area (Å²) in [5, 5.41) is 18.2. The van der Waals surface area contributed by atoms with Gasteiger partial charge in [-0.05, 0) is 18.4 Å². The van der Waals surface area contributed by atoms with Gasteiger partial charge in [0.15, 0.2) is 0 Å². The molecule has 7 nitrogen and oxygen atoms in total. The summed E-state index contributed by atoms with van der Waals surface area (Å²) >= 11 is 0. The number of likely N-dealkylation sites (tertiary alicyclic amines) is 1. The summed E-state index contributed by atoms with van der Waals surface area (Å²) in [6, 6.07) is 10.0. The first-order valence-electron chi connectivity index (χ1n) is 8.11. The van der Waals surface area contributed by atoms with Crippen molar-refractivity contribution in [1.29, 1.82) is 0 Å². The number of carbonyl (C=O) groups excluding carboxylic acids is 1. The highest BCUT2D eigenvalue weighted by atomic mass is 16.5. The molecule has 0 bridgehead atoms. The molecule has 0 radical (unpaired) electrons. The molecule has 0 aliphatic carbocycles. The Bertz CT molecular complexity index is 647. The van der Waals surface area contributed by atoms with E-state index in [0.717, 1.165) is 6.42 Å². The molecule has 3 rings (SSSR count). The monoisotopic (exact) mass is 330 g/mol. The van der Waals surface area contributed by atoms with Crippen LogP contribution < -0.4 is 0 Å². The van der Waals surface area contributed by atoms with Gasteiger partial charge in [0.2, 0.25) is 5.91 Å². The molecule has 1 aromatic heterocycles. The van der Waals surface area contributed by atoms with Gasteiger partial charge in [-0.25, -0.2) is 4.68 Å². The lowest BCUT2D eigenvalue weighted by molar-refractivity contribution is -0.136. The molecule has 2 heterocycles. The number of carbonyl (C=O) groups is 1. The molecule has 24 heavy (non-hydrogen) atoms. The number of aliphatic hydroxyl groups is 1. The second-order valence-electron chi connectivity index (χ2n) is 6.18. The van der Waals surface area contributed by atoms with Crippen LogP contribution in [0, 0.1) is 0 Å². The van der Waals surface area contributed by atoms with E-state index in [0.29, 0.717) is 32.7 Å². The fraction of sp³-hybridized carbons (Fsp3) is 0.471. The summed E-state index contributed by atoms with van der Waals surface area (Å²) in [6.07, 6.45) is 4.59. The first-order valence-corrected chi connectivity index (χ1v) is 8.11. The Morgan fingerprint density at radius 2 is 2.17 bits per heavy atom. The number of benzene rings is 1. The highest BCUT2D eigenvalue weighted by Crippen LogP contribution is 2.23. The van der Waals surface area contributed by atoms with Crippen LogP contribution in [-0.4, -0.2) is 62.8 Å². The Morgan fingerprint density at radius 3 is 2.92 bits per heavy atom. The lowest BCUT2D eigenvalue weighted by Crippen LogP contribution is -2.40. The van der Waals surface area contributed by atoms with Crippen LogP contribution in [0.25, 0.3) is 0 Å². The largest absolute Gasteiger partial charge is 0.386 e. The molecule has 2 aromatic rings. The minimum atomic E-state index is -0.951. The fourth-order valence-corrected chi connectivity index (χ4v) is 2.90. The van der Waals surface area contributed by atoms with Gasteiger partial charge in [-0.3, -0.25) is 4.79 Å². The Balaban J connectivity index is 1.40. The van der Waals surface area contributed by atoms with Crippen LogP contribution >= 0.6 is 0 Å². The predicted molar refractivity (Wildman–Crippen MR) is 87.1 cm³/mol. The van der Waals surface area contributed by atoms with Gasteiger partial charge in [-0.1, -0.05) is 35.5 Å². The maximum absolute atomic E-state index is 12.2. The molecular weight excluding hydrogens is 308 g/mol. The minimum Gasteiger partial charge on any atom is -0.386 e. The van der Waals surface area contributed by atoms with Crippen LogP contribution in [0.3, 0.4) is 0 Å². The van der Waals surface area contributed by atoms with Crippen LogP contribution in [0.1, 0.15) is 12.0 Å². The van der Waals surface area contributed by atoms with Crippen molar-refractivity contribution in [2.24, 2.45) is 0 Å². The first-order chi connectivity index (χ1) is 11.6. The zero-order valence-electron chi connectivity index (χ0n) is 13.5. The average molecular weight is 330 g/mol. The summed E-state index contributed by atoms with van der Waals surface area (Å²) in [7, 11) is 0. The normalized spacial score (nSPS) is 20.5. The number of nitrogens with zero attached hydrogens (tertiary/aromatic N) is 4. The predicted octanol–water partition coefficient (Wildman–Crippen LogP) is 0.501. The molecule has 0 spiro atoms. The molecule has 1 aliphatic rings. The molecule has 0 saturated carbocycles. The summed E-state index contributed by atoms with van der Waals surface area (Å²) in [6.45, 7) is 1.73. The highest BCUT2D eigenvalue weighted by molar-refractivity contribution is 5.77. The van der Waals surface area contributed by atoms with Gasteiger partial charge >= 0.3 is 0 Å².